The fraction of sp³-hybridized carbons (Fsp3) is 0.364. The summed E-state index contributed by atoms with van der Waals surface area (Å²) in [6, 6.07) is 10.2. The van der Waals surface area contributed by atoms with Crippen molar-refractivity contribution in [3.05, 3.63) is 30.3 Å². The van der Waals surface area contributed by atoms with E-state index in [9.17, 15) is 0 Å². The van der Waals surface area contributed by atoms with Gasteiger partial charge in [0.15, 0.2) is 0 Å². The number of nitrogens with zero attached hydrogens (tertiary/aromatic N) is 1. The third kappa shape index (κ3) is 10.4. The van der Waals surface area contributed by atoms with Crippen LogP contribution in [0, 0.1) is 0 Å². The van der Waals surface area contributed by atoms with Gasteiger partial charge in [-0.3, -0.25) is 0 Å². The molecule has 0 heterocycles. The van der Waals surface area contributed by atoms with Crippen molar-refractivity contribution in [2.75, 3.05) is 26.6 Å². The highest BCUT2D eigenvalue weighted by atomic mass is 16.4. The van der Waals surface area contributed by atoms with Crippen LogP contribution in [0.15, 0.2) is 30.3 Å². The van der Waals surface area contributed by atoms with E-state index in [0.717, 1.165) is 17.2 Å². The number of hydrogen-bond donors (Lipinski definition) is 1. The lowest BCUT2D eigenvalue weighted by Crippen LogP contribution is -2.40. The summed E-state index contributed by atoms with van der Waals surface area (Å²) in [6.45, 7) is 0.972. The highest BCUT2D eigenvalue weighted by Crippen LogP contribution is 2.07. The Morgan fingerprint density at radius 2 is 1.60 bits per heavy atom. The van der Waals surface area contributed by atoms with E-state index in [4.69, 9.17) is 9.90 Å². The Balaban J connectivity index is 0.000000423. The summed E-state index contributed by atoms with van der Waals surface area (Å²) in [6.07, 6.45) is 0. The number of carbonyl (C=O) groups excluding carboxylic acids is 1. The van der Waals surface area contributed by atoms with Crippen molar-refractivity contribution in [1.82, 2.24) is 0 Å². The van der Waals surface area contributed by atoms with E-state index in [1.54, 1.807) is 0 Å². The predicted octanol–water partition coefficient (Wildman–Crippen LogP) is 0.476. The molecule has 4 nitrogen and oxygen atoms in total. The van der Waals surface area contributed by atoms with Crippen LogP contribution in [0.3, 0.4) is 0 Å². The Labute approximate surface area is 90.7 Å². The Morgan fingerprint density at radius 3 is 1.93 bits per heavy atom. The minimum absolute atomic E-state index is 0.740. The van der Waals surface area contributed by atoms with Gasteiger partial charge >= 0.3 is 0 Å². The second-order valence-corrected chi connectivity index (χ2v) is 3.98. The normalized spacial score (nSPS) is 9.87. The molecule has 0 unspecified atom stereocenters. The number of carbonyl (C=O) groups is 1. The van der Waals surface area contributed by atoms with Gasteiger partial charge in [0.1, 0.15) is 0 Å². The molecule has 0 aliphatic carbocycles. The lowest BCUT2D eigenvalue weighted by molar-refractivity contribution is -0.847. The summed E-state index contributed by atoms with van der Waals surface area (Å²) >= 11 is 0. The Hall–Kier alpha value is -1.55. The fourth-order valence-corrected chi connectivity index (χ4v) is 0.900. The van der Waals surface area contributed by atoms with E-state index >= 15 is 0 Å². The standard InChI is InChI=1S/C9H15N2.C2H4O2/c1-11(2,3)10-9-7-5-4-6-8-9;1-2(3)4/h4-8,10H,1-3H3;1H3,(H,3,4)/q+1;/p-1. The van der Waals surface area contributed by atoms with Crippen LogP contribution in [0.4, 0.5) is 5.69 Å². The van der Waals surface area contributed by atoms with Crippen LogP contribution >= 0.6 is 0 Å². The van der Waals surface area contributed by atoms with Crippen LogP contribution in [0.5, 0.6) is 0 Å². The zero-order valence-electron chi connectivity index (χ0n) is 9.65. The van der Waals surface area contributed by atoms with E-state index in [-0.39, 0.29) is 0 Å². The number of quaternary nitrogens is 1. The van der Waals surface area contributed by atoms with Crippen molar-refractivity contribution in [3.8, 4) is 0 Å². The molecule has 0 fully saturated rings. The number of benzene rings is 1. The molecule has 0 aliphatic heterocycles. The molecule has 0 bridgehead atoms. The molecule has 0 aliphatic rings. The summed E-state index contributed by atoms with van der Waals surface area (Å²) in [4.78, 5) is 8.89. The van der Waals surface area contributed by atoms with E-state index in [1.807, 2.05) is 18.2 Å². The van der Waals surface area contributed by atoms with E-state index < -0.39 is 5.97 Å². The molecular weight excluding hydrogens is 192 g/mol. The average molecular weight is 210 g/mol. The highest BCUT2D eigenvalue weighted by Gasteiger charge is 2.04. The van der Waals surface area contributed by atoms with Gasteiger partial charge in [-0.05, 0) is 19.1 Å². The number of aliphatic carboxylic acids is 1. The molecule has 1 aromatic carbocycles. The molecule has 0 aromatic heterocycles. The van der Waals surface area contributed by atoms with E-state index in [2.05, 4.69) is 38.7 Å². The molecule has 0 spiro atoms. The van der Waals surface area contributed by atoms with Gasteiger partial charge in [-0.1, -0.05) is 18.2 Å². The minimum atomic E-state index is -1.08. The number of nitrogens with one attached hydrogen (secondary N) is 1. The van der Waals surface area contributed by atoms with Crippen molar-refractivity contribution in [1.29, 1.82) is 0 Å². The number of para-hydroxylation sites is 1. The third-order valence-electron chi connectivity index (χ3n) is 1.24. The maximum Gasteiger partial charge on any atom is 0.0902 e. The van der Waals surface area contributed by atoms with Crippen LogP contribution in [-0.2, 0) is 4.79 Å². The second kappa shape index (κ2) is 6.03. The monoisotopic (exact) mass is 210 g/mol. The van der Waals surface area contributed by atoms with Gasteiger partial charge in [-0.2, -0.15) is 0 Å². The third-order valence-corrected chi connectivity index (χ3v) is 1.24. The number of rotatable bonds is 2. The first-order chi connectivity index (χ1) is 6.81. The van der Waals surface area contributed by atoms with Gasteiger partial charge in [0.2, 0.25) is 0 Å². The Morgan fingerprint density at radius 1 is 1.20 bits per heavy atom. The number of carboxylic acids is 1. The zero-order chi connectivity index (χ0) is 11.9. The molecule has 0 atom stereocenters. The van der Waals surface area contributed by atoms with E-state index in [0.29, 0.717) is 0 Å². The summed E-state index contributed by atoms with van der Waals surface area (Å²) in [7, 11) is 6.27. The van der Waals surface area contributed by atoms with Gasteiger partial charge in [0.05, 0.1) is 26.8 Å². The quantitative estimate of drug-likeness (QED) is 0.570. The first kappa shape index (κ1) is 13.4. The molecule has 1 aromatic rings. The van der Waals surface area contributed by atoms with E-state index in [1.165, 1.54) is 0 Å². The summed E-state index contributed by atoms with van der Waals surface area (Å²) in [5.74, 6) is -1.08. The number of carboxylic acid groups (broad SMARTS) is 1. The van der Waals surface area contributed by atoms with Crippen LogP contribution in [0.2, 0.25) is 0 Å². The first-order valence-corrected chi connectivity index (χ1v) is 4.63. The fourth-order valence-electron chi connectivity index (χ4n) is 0.900. The average Bonchev–Trinajstić information content (AvgIpc) is 2.01. The van der Waals surface area contributed by atoms with Crippen LogP contribution < -0.4 is 10.5 Å². The van der Waals surface area contributed by atoms with Gasteiger partial charge in [0, 0.05) is 5.97 Å². The van der Waals surface area contributed by atoms with Crippen LogP contribution in [0.1, 0.15) is 6.92 Å². The molecular formula is C11H18N2O2. The zero-order valence-corrected chi connectivity index (χ0v) is 9.65. The molecule has 15 heavy (non-hydrogen) atoms. The molecule has 1 rings (SSSR count). The first-order valence-electron chi connectivity index (χ1n) is 4.63. The van der Waals surface area contributed by atoms with Crippen molar-refractivity contribution in [3.63, 3.8) is 0 Å². The van der Waals surface area contributed by atoms with Crippen molar-refractivity contribution in [2.24, 2.45) is 0 Å². The van der Waals surface area contributed by atoms with Gasteiger partial charge in [-0.25, -0.2) is 10.0 Å². The molecule has 0 radical (unpaired) electrons. The molecule has 1 N–H and O–H groups in total. The number of hydrogen-bond acceptors (Lipinski definition) is 3. The SMILES string of the molecule is CC(=O)[O-].C[N+](C)(C)Nc1ccccc1. The van der Waals surface area contributed by atoms with Crippen molar-refractivity contribution in [2.45, 2.75) is 6.92 Å². The molecule has 0 saturated heterocycles. The smallest absolute Gasteiger partial charge is 0.0902 e. The molecule has 0 saturated carbocycles. The topological polar surface area (TPSA) is 52.2 Å². The van der Waals surface area contributed by atoms with Crippen LogP contribution in [-0.4, -0.2) is 31.7 Å². The van der Waals surface area contributed by atoms with Gasteiger partial charge < -0.3 is 9.90 Å². The maximum atomic E-state index is 8.89. The van der Waals surface area contributed by atoms with Gasteiger partial charge in [0.25, 0.3) is 0 Å². The van der Waals surface area contributed by atoms with Crippen molar-refractivity contribution < 1.29 is 14.5 Å². The van der Waals surface area contributed by atoms with Crippen molar-refractivity contribution >= 4 is 11.7 Å². The van der Waals surface area contributed by atoms with Gasteiger partial charge in [-0.15, -0.1) is 0 Å². The predicted molar refractivity (Wildman–Crippen MR) is 58.8 cm³/mol. The number of anilines is 1. The largest absolute Gasteiger partial charge is 0.550 e. The highest BCUT2D eigenvalue weighted by molar-refractivity contribution is 5.60. The summed E-state index contributed by atoms with van der Waals surface area (Å²) in [5.41, 5.74) is 4.47. The second-order valence-electron chi connectivity index (χ2n) is 3.98. The Bertz CT molecular complexity index is 287. The molecule has 0 amide bonds. The van der Waals surface area contributed by atoms with Crippen LogP contribution in [0.25, 0.3) is 0 Å². The minimum Gasteiger partial charge on any atom is -0.550 e. The summed E-state index contributed by atoms with van der Waals surface area (Å²) < 4.78 is 0.740. The Kier molecular flexibility index (Phi) is 5.41. The lowest BCUT2D eigenvalue weighted by Gasteiger charge is -2.24. The molecule has 4 heteroatoms. The maximum absolute atomic E-state index is 8.89. The summed E-state index contributed by atoms with van der Waals surface area (Å²) in [5, 5.41) is 8.89. The lowest BCUT2D eigenvalue weighted by atomic mass is 10.3. The molecule has 84 valence electrons.